The van der Waals surface area contributed by atoms with Crippen LogP contribution in [-0.2, 0) is 19.7 Å². The molecule has 2 rings (SSSR count). The SMILES string of the molecule is CCOC(=O)C1(c2ccc(Cl)cc2)CCCCC1=O. The van der Waals surface area contributed by atoms with Crippen molar-refractivity contribution in [2.45, 2.75) is 38.0 Å². The van der Waals surface area contributed by atoms with Gasteiger partial charge in [-0.3, -0.25) is 9.59 Å². The van der Waals surface area contributed by atoms with E-state index in [1.807, 2.05) is 0 Å². The third-order valence-corrected chi connectivity index (χ3v) is 3.89. The van der Waals surface area contributed by atoms with Crippen LogP contribution in [0.2, 0.25) is 5.02 Å². The minimum Gasteiger partial charge on any atom is -0.465 e. The number of carbonyl (C=O) groups excluding carboxylic acids is 2. The quantitative estimate of drug-likeness (QED) is 0.630. The number of esters is 1. The van der Waals surface area contributed by atoms with Gasteiger partial charge in [0.2, 0.25) is 0 Å². The first-order chi connectivity index (χ1) is 9.11. The second kappa shape index (κ2) is 5.74. The zero-order valence-electron chi connectivity index (χ0n) is 10.9. The largest absolute Gasteiger partial charge is 0.465 e. The summed E-state index contributed by atoms with van der Waals surface area (Å²) >= 11 is 5.87. The summed E-state index contributed by atoms with van der Waals surface area (Å²) in [5.74, 6) is -0.471. The van der Waals surface area contributed by atoms with E-state index in [2.05, 4.69) is 0 Å². The summed E-state index contributed by atoms with van der Waals surface area (Å²) in [5, 5.41) is 0.589. The maximum Gasteiger partial charge on any atom is 0.324 e. The molecule has 1 aliphatic rings. The molecule has 1 aromatic carbocycles. The van der Waals surface area contributed by atoms with Crippen molar-refractivity contribution in [2.75, 3.05) is 6.61 Å². The van der Waals surface area contributed by atoms with E-state index < -0.39 is 11.4 Å². The molecule has 102 valence electrons. The van der Waals surface area contributed by atoms with E-state index in [0.29, 0.717) is 23.4 Å². The first kappa shape index (κ1) is 14.1. The lowest BCUT2D eigenvalue weighted by atomic mass is 9.68. The summed E-state index contributed by atoms with van der Waals surface area (Å²) < 4.78 is 5.15. The molecular formula is C15H17ClO3. The fourth-order valence-corrected chi connectivity index (χ4v) is 2.78. The van der Waals surface area contributed by atoms with Gasteiger partial charge in [-0.15, -0.1) is 0 Å². The van der Waals surface area contributed by atoms with E-state index in [1.165, 1.54) is 0 Å². The number of benzene rings is 1. The van der Waals surface area contributed by atoms with E-state index >= 15 is 0 Å². The molecule has 0 heterocycles. The monoisotopic (exact) mass is 280 g/mol. The molecule has 0 bridgehead atoms. The van der Waals surface area contributed by atoms with Gasteiger partial charge in [-0.05, 0) is 37.5 Å². The van der Waals surface area contributed by atoms with Gasteiger partial charge in [0.15, 0.2) is 11.2 Å². The Bertz CT molecular complexity index is 481. The van der Waals surface area contributed by atoms with E-state index in [4.69, 9.17) is 16.3 Å². The third kappa shape index (κ3) is 2.52. The van der Waals surface area contributed by atoms with Crippen molar-refractivity contribution < 1.29 is 14.3 Å². The number of halogens is 1. The fraction of sp³-hybridized carbons (Fsp3) is 0.467. The number of ketones is 1. The predicted molar refractivity (Wildman–Crippen MR) is 73.2 cm³/mol. The molecule has 1 unspecified atom stereocenters. The number of ether oxygens (including phenoxy) is 1. The van der Waals surface area contributed by atoms with E-state index in [9.17, 15) is 9.59 Å². The highest BCUT2D eigenvalue weighted by molar-refractivity contribution is 6.30. The van der Waals surface area contributed by atoms with Crippen LogP contribution in [-0.4, -0.2) is 18.4 Å². The molecule has 1 aromatic rings. The van der Waals surface area contributed by atoms with Crippen LogP contribution < -0.4 is 0 Å². The lowest BCUT2D eigenvalue weighted by Crippen LogP contribution is -2.47. The van der Waals surface area contributed by atoms with Gasteiger partial charge in [0.05, 0.1) is 6.61 Å². The second-order valence-corrected chi connectivity index (χ2v) is 5.20. The van der Waals surface area contributed by atoms with Crippen molar-refractivity contribution in [2.24, 2.45) is 0 Å². The Balaban J connectivity index is 2.46. The first-order valence-corrected chi connectivity index (χ1v) is 6.95. The zero-order chi connectivity index (χ0) is 13.9. The standard InChI is InChI=1S/C15H17ClO3/c1-2-19-14(18)15(10-4-3-5-13(15)17)11-6-8-12(16)9-7-11/h6-9H,2-5,10H2,1H3. The van der Waals surface area contributed by atoms with Crippen LogP contribution in [0, 0.1) is 0 Å². The highest BCUT2D eigenvalue weighted by atomic mass is 35.5. The van der Waals surface area contributed by atoms with Crippen LogP contribution >= 0.6 is 11.6 Å². The molecule has 0 aromatic heterocycles. The number of carbonyl (C=O) groups is 2. The summed E-state index contributed by atoms with van der Waals surface area (Å²) in [5.41, 5.74) is -0.432. The van der Waals surface area contributed by atoms with Gasteiger partial charge in [0, 0.05) is 11.4 Å². The number of Topliss-reactive ketones (excluding diaryl/α,β-unsaturated/α-hetero) is 1. The van der Waals surface area contributed by atoms with Crippen LogP contribution in [0.15, 0.2) is 24.3 Å². The Kier molecular flexibility index (Phi) is 4.25. The van der Waals surface area contributed by atoms with Crippen molar-refractivity contribution in [3.63, 3.8) is 0 Å². The Hall–Kier alpha value is -1.35. The Morgan fingerprint density at radius 3 is 2.58 bits per heavy atom. The molecule has 4 heteroatoms. The molecular weight excluding hydrogens is 264 g/mol. The van der Waals surface area contributed by atoms with Crippen LogP contribution in [0.4, 0.5) is 0 Å². The molecule has 0 amide bonds. The molecule has 19 heavy (non-hydrogen) atoms. The van der Waals surface area contributed by atoms with Crippen LogP contribution in [0.3, 0.4) is 0 Å². The van der Waals surface area contributed by atoms with Gasteiger partial charge >= 0.3 is 5.97 Å². The smallest absolute Gasteiger partial charge is 0.324 e. The highest BCUT2D eigenvalue weighted by Gasteiger charge is 2.49. The summed E-state index contributed by atoms with van der Waals surface area (Å²) in [4.78, 5) is 24.7. The van der Waals surface area contributed by atoms with E-state index in [0.717, 1.165) is 12.8 Å². The Morgan fingerprint density at radius 1 is 1.32 bits per heavy atom. The lowest BCUT2D eigenvalue weighted by molar-refractivity contribution is -0.155. The topological polar surface area (TPSA) is 43.4 Å². The van der Waals surface area contributed by atoms with Crippen molar-refractivity contribution in [1.82, 2.24) is 0 Å². The minimum absolute atomic E-state index is 0.0421. The summed E-state index contributed by atoms with van der Waals surface area (Å²) in [6, 6.07) is 6.92. The normalized spacial score (nSPS) is 23.2. The van der Waals surface area contributed by atoms with Gasteiger partial charge in [-0.2, -0.15) is 0 Å². The Morgan fingerprint density at radius 2 is 2.00 bits per heavy atom. The zero-order valence-corrected chi connectivity index (χ0v) is 11.7. The number of hydrogen-bond donors (Lipinski definition) is 0. The Labute approximate surface area is 117 Å². The fourth-order valence-electron chi connectivity index (χ4n) is 2.66. The van der Waals surface area contributed by atoms with Gasteiger partial charge < -0.3 is 4.74 Å². The maximum absolute atomic E-state index is 12.4. The summed E-state index contributed by atoms with van der Waals surface area (Å²) in [6.45, 7) is 2.03. The van der Waals surface area contributed by atoms with Gasteiger partial charge in [-0.1, -0.05) is 30.2 Å². The first-order valence-electron chi connectivity index (χ1n) is 6.58. The number of rotatable bonds is 3. The van der Waals surface area contributed by atoms with E-state index in [1.54, 1.807) is 31.2 Å². The average Bonchev–Trinajstić information content (AvgIpc) is 2.41. The molecule has 1 atom stereocenters. The third-order valence-electron chi connectivity index (χ3n) is 3.64. The van der Waals surface area contributed by atoms with Gasteiger partial charge in [0.25, 0.3) is 0 Å². The molecule has 0 N–H and O–H groups in total. The van der Waals surface area contributed by atoms with Crippen molar-refractivity contribution >= 4 is 23.4 Å². The van der Waals surface area contributed by atoms with Crippen molar-refractivity contribution in [1.29, 1.82) is 0 Å². The predicted octanol–water partition coefficient (Wildman–Crippen LogP) is 3.28. The molecule has 0 spiro atoms. The highest BCUT2D eigenvalue weighted by Crippen LogP contribution is 2.38. The van der Waals surface area contributed by atoms with Crippen LogP contribution in [0.25, 0.3) is 0 Å². The molecule has 0 radical (unpaired) electrons. The molecule has 0 aliphatic heterocycles. The van der Waals surface area contributed by atoms with E-state index in [-0.39, 0.29) is 12.4 Å². The molecule has 1 saturated carbocycles. The summed E-state index contributed by atoms with van der Waals surface area (Å²) in [6.07, 6.45) is 2.65. The van der Waals surface area contributed by atoms with Crippen molar-refractivity contribution in [3.8, 4) is 0 Å². The van der Waals surface area contributed by atoms with Gasteiger partial charge in [-0.25, -0.2) is 0 Å². The number of hydrogen-bond acceptors (Lipinski definition) is 3. The molecule has 1 fully saturated rings. The minimum atomic E-state index is -1.13. The molecule has 3 nitrogen and oxygen atoms in total. The van der Waals surface area contributed by atoms with Crippen LogP contribution in [0.1, 0.15) is 38.2 Å². The van der Waals surface area contributed by atoms with Crippen molar-refractivity contribution in [3.05, 3.63) is 34.9 Å². The molecule has 0 saturated heterocycles. The molecule has 1 aliphatic carbocycles. The average molecular weight is 281 g/mol. The van der Waals surface area contributed by atoms with Gasteiger partial charge in [0.1, 0.15) is 0 Å². The maximum atomic E-state index is 12.4. The lowest BCUT2D eigenvalue weighted by Gasteiger charge is -2.33. The van der Waals surface area contributed by atoms with Crippen LogP contribution in [0.5, 0.6) is 0 Å². The summed E-state index contributed by atoms with van der Waals surface area (Å²) in [7, 11) is 0. The second-order valence-electron chi connectivity index (χ2n) is 4.76.